The molecule has 1 aliphatic rings. The normalized spacial score (nSPS) is 12.3. The van der Waals surface area contributed by atoms with Gasteiger partial charge < -0.3 is 25.4 Å². The molecular weight excluding hydrogens is 399 g/mol. The van der Waals surface area contributed by atoms with Gasteiger partial charge in [0, 0.05) is 24.4 Å². The Balaban J connectivity index is 1.18. The maximum Gasteiger partial charge on any atom is 0.213 e. The van der Waals surface area contributed by atoms with Gasteiger partial charge in [-0.2, -0.15) is 0 Å². The fourth-order valence-corrected chi connectivity index (χ4v) is 3.33. The quantitative estimate of drug-likeness (QED) is 0.428. The van der Waals surface area contributed by atoms with Crippen LogP contribution in [0.3, 0.4) is 0 Å². The molecule has 162 valence electrons. The van der Waals surface area contributed by atoms with E-state index in [0.717, 1.165) is 36.8 Å². The maximum absolute atomic E-state index is 14.3. The van der Waals surface area contributed by atoms with Crippen molar-refractivity contribution in [3.63, 3.8) is 0 Å². The number of nitrogens with one attached hydrogen (secondary N) is 3. The first-order valence-electron chi connectivity index (χ1n) is 10.2. The summed E-state index contributed by atoms with van der Waals surface area (Å²) in [6.45, 7) is 3.01. The van der Waals surface area contributed by atoms with Crippen molar-refractivity contribution >= 4 is 16.9 Å². The van der Waals surface area contributed by atoms with Crippen LogP contribution in [0.1, 0.15) is 17.7 Å². The van der Waals surface area contributed by atoms with Crippen LogP contribution in [0, 0.1) is 5.82 Å². The predicted octanol–water partition coefficient (Wildman–Crippen LogP) is 2.76. The van der Waals surface area contributed by atoms with Crippen molar-refractivity contribution in [3.05, 3.63) is 60.0 Å². The number of hydrogen-bond acceptors (Lipinski definition) is 8. The first-order chi connectivity index (χ1) is 15.2. The van der Waals surface area contributed by atoms with E-state index in [4.69, 9.17) is 9.47 Å². The number of ether oxygens (including phenoxy) is 2. The Morgan fingerprint density at radius 2 is 2.00 bits per heavy atom. The molecule has 0 saturated carbocycles. The van der Waals surface area contributed by atoms with E-state index in [1.807, 2.05) is 12.1 Å². The van der Waals surface area contributed by atoms with Crippen molar-refractivity contribution < 1.29 is 13.9 Å². The highest BCUT2D eigenvalue weighted by Crippen LogP contribution is 2.25. The number of methoxy groups -OCH3 is 1. The first-order valence-corrected chi connectivity index (χ1v) is 10.2. The number of fused-ring (bicyclic) bond motifs is 2. The number of nitrogens with zero attached hydrogens (tertiary/aromatic N) is 3. The minimum Gasteiger partial charge on any atom is -0.481 e. The standard InChI is InChI=1S/C22H25FN6O2/c1-30-20-6-4-18-21(29-20)16(17(23)14-27-18)7-10-24-8-2-9-25-13-15-3-5-19-22(28-15)26-11-12-31-19/h3-6,11-12,14,24-25H,2,7-10,13H2,1H3,(H,26,28). The van der Waals surface area contributed by atoms with Gasteiger partial charge in [-0.15, -0.1) is 0 Å². The zero-order valence-electron chi connectivity index (χ0n) is 17.3. The van der Waals surface area contributed by atoms with Gasteiger partial charge in [-0.3, -0.25) is 4.98 Å². The minimum atomic E-state index is -0.343. The molecule has 1 aliphatic heterocycles. The van der Waals surface area contributed by atoms with Gasteiger partial charge in [0.2, 0.25) is 5.88 Å². The molecule has 3 N–H and O–H groups in total. The average Bonchev–Trinajstić information content (AvgIpc) is 2.81. The molecule has 0 radical (unpaired) electrons. The van der Waals surface area contributed by atoms with Gasteiger partial charge in [-0.05, 0) is 50.7 Å². The second kappa shape index (κ2) is 10.1. The summed E-state index contributed by atoms with van der Waals surface area (Å²) in [6, 6.07) is 7.37. The van der Waals surface area contributed by atoms with Crippen LogP contribution in [0.4, 0.5) is 10.2 Å². The van der Waals surface area contributed by atoms with E-state index < -0.39 is 0 Å². The summed E-state index contributed by atoms with van der Waals surface area (Å²) in [6.07, 6.45) is 6.03. The lowest BCUT2D eigenvalue weighted by Crippen LogP contribution is -2.24. The van der Waals surface area contributed by atoms with Gasteiger partial charge in [-0.1, -0.05) is 0 Å². The lowest BCUT2D eigenvalue weighted by atomic mass is 10.1. The molecule has 31 heavy (non-hydrogen) atoms. The highest BCUT2D eigenvalue weighted by Gasteiger charge is 2.11. The molecule has 4 heterocycles. The van der Waals surface area contributed by atoms with Gasteiger partial charge in [-0.25, -0.2) is 14.4 Å². The monoisotopic (exact) mass is 424 g/mol. The number of rotatable bonds is 10. The molecular formula is C22H25FN6O2. The Hall–Kier alpha value is -3.30. The molecule has 0 saturated heterocycles. The molecule has 3 aromatic heterocycles. The zero-order valence-corrected chi connectivity index (χ0v) is 17.3. The maximum atomic E-state index is 14.3. The molecule has 9 heteroatoms. The molecule has 0 aromatic carbocycles. The lowest BCUT2D eigenvalue weighted by Gasteiger charge is -2.13. The molecule has 0 spiro atoms. The predicted molar refractivity (Wildman–Crippen MR) is 117 cm³/mol. The van der Waals surface area contributed by atoms with Crippen LogP contribution in [0.25, 0.3) is 11.0 Å². The van der Waals surface area contributed by atoms with Crippen LogP contribution in [-0.4, -0.2) is 41.7 Å². The summed E-state index contributed by atoms with van der Waals surface area (Å²) < 4.78 is 24.8. The van der Waals surface area contributed by atoms with Crippen LogP contribution < -0.4 is 25.4 Å². The fraction of sp³-hybridized carbons (Fsp3) is 0.318. The molecule has 8 nitrogen and oxygen atoms in total. The summed E-state index contributed by atoms with van der Waals surface area (Å²) >= 11 is 0. The summed E-state index contributed by atoms with van der Waals surface area (Å²) in [5.41, 5.74) is 2.72. The molecule has 0 amide bonds. The molecule has 4 rings (SSSR count). The molecule has 0 unspecified atom stereocenters. The topological polar surface area (TPSA) is 93.2 Å². The smallest absolute Gasteiger partial charge is 0.213 e. The molecule has 0 aliphatic carbocycles. The van der Waals surface area contributed by atoms with Crippen LogP contribution >= 0.6 is 0 Å². The van der Waals surface area contributed by atoms with Crippen molar-refractivity contribution in [3.8, 4) is 11.6 Å². The van der Waals surface area contributed by atoms with Crippen LogP contribution in [0.15, 0.2) is 42.9 Å². The van der Waals surface area contributed by atoms with E-state index in [-0.39, 0.29) is 5.82 Å². The Kier molecular flexibility index (Phi) is 6.85. The third-order valence-corrected chi connectivity index (χ3v) is 4.91. The Labute approximate surface area is 179 Å². The van der Waals surface area contributed by atoms with Gasteiger partial charge in [0.25, 0.3) is 0 Å². The molecule has 0 atom stereocenters. The van der Waals surface area contributed by atoms with Crippen molar-refractivity contribution in [1.82, 2.24) is 25.6 Å². The zero-order chi connectivity index (χ0) is 21.5. The van der Waals surface area contributed by atoms with Crippen LogP contribution in [0.5, 0.6) is 11.6 Å². The molecule has 0 fully saturated rings. The Morgan fingerprint density at radius 3 is 2.90 bits per heavy atom. The van der Waals surface area contributed by atoms with E-state index in [9.17, 15) is 4.39 Å². The van der Waals surface area contributed by atoms with Gasteiger partial charge in [0.05, 0.1) is 30.0 Å². The first kappa shape index (κ1) is 21.0. The SMILES string of the molecule is COc1ccc2ncc(F)c(CCNCCCNCc3ccc4c(n3)NC=CO4)c2n1. The third-order valence-electron chi connectivity index (χ3n) is 4.91. The number of aromatic nitrogens is 3. The number of pyridine rings is 3. The van der Waals surface area contributed by atoms with Gasteiger partial charge >= 0.3 is 0 Å². The van der Waals surface area contributed by atoms with Crippen molar-refractivity contribution in [2.45, 2.75) is 19.4 Å². The Morgan fingerprint density at radius 1 is 1.10 bits per heavy atom. The largest absolute Gasteiger partial charge is 0.481 e. The van der Waals surface area contributed by atoms with Crippen molar-refractivity contribution in [2.75, 3.05) is 32.1 Å². The van der Waals surface area contributed by atoms with Gasteiger partial charge in [0.1, 0.15) is 12.1 Å². The minimum absolute atomic E-state index is 0.343. The average molecular weight is 424 g/mol. The van der Waals surface area contributed by atoms with Crippen LogP contribution in [0.2, 0.25) is 0 Å². The molecule has 3 aromatic rings. The highest BCUT2D eigenvalue weighted by atomic mass is 19.1. The Bertz CT molecular complexity index is 1080. The second-order valence-electron chi connectivity index (χ2n) is 7.05. The summed E-state index contributed by atoms with van der Waals surface area (Å²) in [7, 11) is 1.54. The van der Waals surface area contributed by atoms with Crippen molar-refractivity contribution in [2.24, 2.45) is 0 Å². The summed E-state index contributed by atoms with van der Waals surface area (Å²) in [5.74, 6) is 1.56. The van der Waals surface area contributed by atoms with E-state index in [0.29, 0.717) is 42.0 Å². The van der Waals surface area contributed by atoms with Crippen molar-refractivity contribution in [1.29, 1.82) is 0 Å². The number of anilines is 1. The van der Waals surface area contributed by atoms with E-state index in [1.165, 1.54) is 6.20 Å². The number of halogens is 1. The fourth-order valence-electron chi connectivity index (χ4n) is 3.33. The van der Waals surface area contributed by atoms with E-state index in [1.54, 1.807) is 31.7 Å². The van der Waals surface area contributed by atoms with Crippen LogP contribution in [-0.2, 0) is 13.0 Å². The summed E-state index contributed by atoms with van der Waals surface area (Å²) in [5, 5.41) is 9.81. The van der Waals surface area contributed by atoms with E-state index >= 15 is 0 Å². The summed E-state index contributed by atoms with van der Waals surface area (Å²) in [4.78, 5) is 13.0. The van der Waals surface area contributed by atoms with Gasteiger partial charge in [0.15, 0.2) is 11.6 Å². The second-order valence-corrected chi connectivity index (χ2v) is 7.05. The third kappa shape index (κ3) is 5.25. The highest BCUT2D eigenvalue weighted by molar-refractivity contribution is 5.78. The molecule has 0 bridgehead atoms. The number of hydrogen-bond donors (Lipinski definition) is 3. The lowest BCUT2D eigenvalue weighted by molar-refractivity contribution is 0.399. The van der Waals surface area contributed by atoms with E-state index in [2.05, 4.69) is 30.9 Å².